The lowest BCUT2D eigenvalue weighted by Crippen LogP contribution is -2.53. The maximum absolute atomic E-state index is 5.84. The van der Waals surface area contributed by atoms with E-state index in [0.717, 1.165) is 19.6 Å². The molecule has 1 rings (SSSR count). The monoisotopic (exact) mass is 269 g/mol. The van der Waals surface area contributed by atoms with Crippen molar-refractivity contribution in [2.45, 2.75) is 65.2 Å². The molecule has 0 aromatic carbocycles. The second-order valence-corrected chi connectivity index (χ2v) is 6.13. The van der Waals surface area contributed by atoms with Gasteiger partial charge < -0.3 is 9.22 Å². The first kappa shape index (κ1) is 17.0. The topological polar surface area (TPSA) is 9.23 Å². The van der Waals surface area contributed by atoms with E-state index < -0.39 is 0 Å². The summed E-state index contributed by atoms with van der Waals surface area (Å²) in [6, 6.07) is 0. The Balaban J connectivity index is 2.14. The molecule has 1 heterocycles. The Morgan fingerprint density at radius 3 is 2.37 bits per heavy atom. The molecule has 1 fully saturated rings. The van der Waals surface area contributed by atoms with Crippen LogP contribution in [-0.4, -0.2) is 43.9 Å². The van der Waals surface area contributed by atoms with Crippen LogP contribution in [0.25, 0.3) is 0 Å². The number of ether oxygens (including phenoxy) is 1. The summed E-state index contributed by atoms with van der Waals surface area (Å²) in [5.74, 6) is 0. The van der Waals surface area contributed by atoms with Crippen molar-refractivity contribution >= 4 is 0 Å². The van der Waals surface area contributed by atoms with Gasteiger partial charge in [0.15, 0.2) is 0 Å². The van der Waals surface area contributed by atoms with Gasteiger partial charge >= 0.3 is 0 Å². The SMILES string of the molecule is CCC[CH]CCOCC[N+]1(CCCC)CCCCC1. The van der Waals surface area contributed by atoms with E-state index in [9.17, 15) is 0 Å². The first-order chi connectivity index (χ1) is 9.33. The summed E-state index contributed by atoms with van der Waals surface area (Å²) in [6.45, 7) is 11.8. The Kier molecular flexibility index (Phi) is 9.54. The molecule has 113 valence electrons. The minimum atomic E-state index is 0.924. The molecular formula is C17H35NO+. The number of hydrogen-bond donors (Lipinski definition) is 0. The average Bonchev–Trinajstić information content (AvgIpc) is 2.45. The van der Waals surface area contributed by atoms with E-state index in [1.165, 1.54) is 75.6 Å². The second kappa shape index (κ2) is 10.7. The zero-order chi connectivity index (χ0) is 13.8. The molecule has 0 atom stereocenters. The molecule has 19 heavy (non-hydrogen) atoms. The molecule has 0 unspecified atom stereocenters. The molecule has 1 radical (unpaired) electrons. The van der Waals surface area contributed by atoms with Crippen LogP contribution >= 0.6 is 0 Å². The van der Waals surface area contributed by atoms with Gasteiger partial charge in [0.05, 0.1) is 26.2 Å². The summed E-state index contributed by atoms with van der Waals surface area (Å²) >= 11 is 0. The fraction of sp³-hybridized carbons (Fsp3) is 0.941. The lowest BCUT2D eigenvalue weighted by atomic mass is 10.1. The Labute approximate surface area is 121 Å². The summed E-state index contributed by atoms with van der Waals surface area (Å²) in [7, 11) is 0. The molecule has 0 aliphatic carbocycles. The van der Waals surface area contributed by atoms with Crippen molar-refractivity contribution < 1.29 is 9.22 Å². The number of piperidine rings is 1. The predicted molar refractivity (Wildman–Crippen MR) is 83.1 cm³/mol. The third-order valence-electron chi connectivity index (χ3n) is 4.42. The number of rotatable bonds is 11. The summed E-state index contributed by atoms with van der Waals surface area (Å²) in [5, 5.41) is 0. The maximum atomic E-state index is 5.84. The summed E-state index contributed by atoms with van der Waals surface area (Å²) in [5.41, 5.74) is 0. The van der Waals surface area contributed by atoms with Crippen molar-refractivity contribution in [3.63, 3.8) is 0 Å². The van der Waals surface area contributed by atoms with Crippen LogP contribution in [0.5, 0.6) is 0 Å². The van der Waals surface area contributed by atoms with Crippen molar-refractivity contribution in [2.75, 3.05) is 39.4 Å². The molecule has 0 amide bonds. The van der Waals surface area contributed by atoms with Gasteiger partial charge in [-0.2, -0.15) is 0 Å². The van der Waals surface area contributed by atoms with E-state index in [1.807, 2.05) is 0 Å². The molecule has 2 nitrogen and oxygen atoms in total. The van der Waals surface area contributed by atoms with Crippen molar-refractivity contribution in [1.82, 2.24) is 0 Å². The van der Waals surface area contributed by atoms with Gasteiger partial charge in [-0.05, 0) is 38.5 Å². The number of nitrogens with zero attached hydrogens (tertiary/aromatic N) is 1. The van der Waals surface area contributed by atoms with Gasteiger partial charge in [0, 0.05) is 6.61 Å². The lowest BCUT2D eigenvalue weighted by Gasteiger charge is -2.41. The molecule has 0 spiro atoms. The number of hydrogen-bond acceptors (Lipinski definition) is 1. The number of likely N-dealkylation sites (tertiary alicyclic amines) is 1. The molecule has 1 aliphatic heterocycles. The first-order valence-electron chi connectivity index (χ1n) is 8.57. The highest BCUT2D eigenvalue weighted by molar-refractivity contribution is 4.62. The molecule has 0 N–H and O–H groups in total. The zero-order valence-corrected chi connectivity index (χ0v) is 13.3. The highest BCUT2D eigenvalue weighted by atomic mass is 16.5. The number of unbranched alkanes of at least 4 members (excludes halogenated alkanes) is 4. The van der Waals surface area contributed by atoms with Crippen LogP contribution in [0.4, 0.5) is 0 Å². The Morgan fingerprint density at radius 2 is 1.68 bits per heavy atom. The van der Waals surface area contributed by atoms with Crippen LogP contribution in [0.1, 0.15) is 65.2 Å². The molecular weight excluding hydrogens is 234 g/mol. The van der Waals surface area contributed by atoms with Gasteiger partial charge in [0.1, 0.15) is 6.54 Å². The van der Waals surface area contributed by atoms with Crippen molar-refractivity contribution in [1.29, 1.82) is 0 Å². The van der Waals surface area contributed by atoms with Gasteiger partial charge in [0.2, 0.25) is 0 Å². The highest BCUT2D eigenvalue weighted by Crippen LogP contribution is 2.19. The minimum absolute atomic E-state index is 0.924. The molecule has 0 bridgehead atoms. The molecule has 1 saturated heterocycles. The van der Waals surface area contributed by atoms with Crippen molar-refractivity contribution in [3.05, 3.63) is 6.42 Å². The Hall–Kier alpha value is -0.0800. The Morgan fingerprint density at radius 1 is 0.895 bits per heavy atom. The summed E-state index contributed by atoms with van der Waals surface area (Å²) in [4.78, 5) is 0. The van der Waals surface area contributed by atoms with Crippen LogP contribution in [0, 0.1) is 6.42 Å². The minimum Gasteiger partial charge on any atom is -0.376 e. The highest BCUT2D eigenvalue weighted by Gasteiger charge is 2.28. The summed E-state index contributed by atoms with van der Waals surface area (Å²) in [6.07, 6.45) is 13.0. The van der Waals surface area contributed by atoms with Crippen molar-refractivity contribution in [3.8, 4) is 0 Å². The molecule has 2 heteroatoms. The van der Waals surface area contributed by atoms with Gasteiger partial charge in [-0.3, -0.25) is 0 Å². The predicted octanol–water partition coefficient (Wildman–Crippen LogP) is 4.20. The number of quaternary nitrogens is 1. The van der Waals surface area contributed by atoms with Crippen LogP contribution in [0.15, 0.2) is 0 Å². The van der Waals surface area contributed by atoms with E-state index in [1.54, 1.807) is 0 Å². The van der Waals surface area contributed by atoms with E-state index in [2.05, 4.69) is 20.3 Å². The standard InChI is InChI=1S/C17H35NO/c1-3-5-7-11-16-19-17-15-18(12-6-4-2)13-9-8-10-14-18/h7H,3-6,8-17H2,1-2H3/q+1. The molecule has 0 aromatic heterocycles. The fourth-order valence-corrected chi connectivity index (χ4v) is 3.11. The quantitative estimate of drug-likeness (QED) is 0.403. The fourth-order valence-electron chi connectivity index (χ4n) is 3.11. The van der Waals surface area contributed by atoms with E-state index in [0.29, 0.717) is 0 Å². The largest absolute Gasteiger partial charge is 0.376 e. The van der Waals surface area contributed by atoms with Crippen LogP contribution in [0.2, 0.25) is 0 Å². The average molecular weight is 269 g/mol. The van der Waals surface area contributed by atoms with Crippen LogP contribution in [-0.2, 0) is 4.74 Å². The van der Waals surface area contributed by atoms with Crippen LogP contribution < -0.4 is 0 Å². The van der Waals surface area contributed by atoms with E-state index in [-0.39, 0.29) is 0 Å². The van der Waals surface area contributed by atoms with Crippen LogP contribution in [0.3, 0.4) is 0 Å². The Bertz CT molecular complexity index is 199. The summed E-state index contributed by atoms with van der Waals surface area (Å²) < 4.78 is 7.18. The third kappa shape index (κ3) is 7.31. The normalized spacial score (nSPS) is 18.6. The van der Waals surface area contributed by atoms with Gasteiger partial charge in [-0.25, -0.2) is 0 Å². The maximum Gasteiger partial charge on any atom is 0.102 e. The van der Waals surface area contributed by atoms with E-state index in [4.69, 9.17) is 4.74 Å². The van der Waals surface area contributed by atoms with Gasteiger partial charge in [0.25, 0.3) is 0 Å². The van der Waals surface area contributed by atoms with Gasteiger partial charge in [-0.1, -0.05) is 33.1 Å². The molecule has 0 aromatic rings. The van der Waals surface area contributed by atoms with Gasteiger partial charge in [-0.15, -0.1) is 0 Å². The molecule has 0 saturated carbocycles. The second-order valence-electron chi connectivity index (χ2n) is 6.13. The third-order valence-corrected chi connectivity index (χ3v) is 4.42. The molecule has 1 aliphatic rings. The lowest BCUT2D eigenvalue weighted by molar-refractivity contribution is -0.933. The van der Waals surface area contributed by atoms with E-state index >= 15 is 0 Å². The first-order valence-corrected chi connectivity index (χ1v) is 8.57. The van der Waals surface area contributed by atoms with Crippen molar-refractivity contribution in [2.24, 2.45) is 0 Å². The zero-order valence-electron chi connectivity index (χ0n) is 13.3. The smallest absolute Gasteiger partial charge is 0.102 e.